The highest BCUT2D eigenvalue weighted by atomic mass is 32.2. The molecule has 42 heavy (non-hydrogen) atoms. The Labute approximate surface area is 246 Å². The van der Waals surface area contributed by atoms with Gasteiger partial charge in [-0.2, -0.15) is 0 Å². The summed E-state index contributed by atoms with van der Waals surface area (Å²) in [4.78, 5) is 0.480. The summed E-state index contributed by atoms with van der Waals surface area (Å²) in [5, 5.41) is 19.2. The lowest BCUT2D eigenvalue weighted by molar-refractivity contribution is 0.275. The Bertz CT molecular complexity index is 1660. The fourth-order valence-electron chi connectivity index (χ4n) is 4.60. The summed E-state index contributed by atoms with van der Waals surface area (Å²) in [6.07, 6.45) is 0. The maximum absolute atomic E-state index is 12.5. The average Bonchev–Trinajstić information content (AvgIpc) is 3.58. The molecule has 14 heteroatoms. The van der Waals surface area contributed by atoms with Crippen LogP contribution in [0.4, 0.5) is 11.4 Å². The first-order valence-electron chi connectivity index (χ1n) is 12.9. The van der Waals surface area contributed by atoms with Gasteiger partial charge < -0.3 is 19.4 Å². The van der Waals surface area contributed by atoms with Crippen molar-refractivity contribution in [3.05, 3.63) is 108 Å². The molecule has 2 aliphatic rings. The molecule has 0 bridgehead atoms. The number of fused-ring (bicyclic) bond motifs is 2. The Morgan fingerprint density at radius 2 is 0.952 bits per heavy atom. The largest absolute Gasteiger partial charge is 0.491 e. The number of sulfonamides is 2. The van der Waals surface area contributed by atoms with Crippen molar-refractivity contribution in [2.45, 2.75) is 23.0 Å². The number of hydrogen-bond donors (Lipinski definition) is 2. The van der Waals surface area contributed by atoms with Gasteiger partial charge >= 0.3 is 14.2 Å². The van der Waals surface area contributed by atoms with Gasteiger partial charge in [-0.05, 0) is 70.6 Å². The van der Waals surface area contributed by atoms with Gasteiger partial charge in [0, 0.05) is 14.1 Å². The molecule has 0 aromatic heterocycles. The third-order valence-corrected chi connectivity index (χ3v) is 10.7. The van der Waals surface area contributed by atoms with E-state index in [-0.39, 0.29) is 23.0 Å². The van der Waals surface area contributed by atoms with Gasteiger partial charge in [0.2, 0.25) is 0 Å². The average molecular weight is 606 g/mol. The molecule has 2 N–H and O–H groups in total. The smallest absolute Gasteiger partial charge is 0.423 e. The van der Waals surface area contributed by atoms with E-state index in [1.807, 2.05) is 0 Å². The minimum absolute atomic E-state index is 0.240. The van der Waals surface area contributed by atoms with Crippen LogP contribution in [0.15, 0.2) is 107 Å². The molecule has 0 saturated heterocycles. The number of benzene rings is 4. The van der Waals surface area contributed by atoms with Crippen molar-refractivity contribution in [2.75, 3.05) is 22.7 Å². The summed E-state index contributed by atoms with van der Waals surface area (Å²) in [5.74, 6) is 0. The van der Waals surface area contributed by atoms with E-state index in [9.17, 15) is 26.9 Å². The van der Waals surface area contributed by atoms with Gasteiger partial charge in [0.1, 0.15) is 0 Å². The fraction of sp³-hybridized carbons (Fsp3) is 0.143. The van der Waals surface area contributed by atoms with Crippen LogP contribution in [-0.4, -0.2) is 55.2 Å². The molecule has 0 atom stereocenters. The van der Waals surface area contributed by atoms with Gasteiger partial charge in [-0.3, -0.25) is 8.61 Å². The Balaban J connectivity index is 0.000000168. The van der Waals surface area contributed by atoms with Crippen LogP contribution in [0.2, 0.25) is 0 Å². The molecule has 2 heterocycles. The summed E-state index contributed by atoms with van der Waals surface area (Å²) in [6, 6.07) is 26.7. The highest BCUT2D eigenvalue weighted by Crippen LogP contribution is 2.25. The molecule has 0 saturated carbocycles. The van der Waals surface area contributed by atoms with E-state index in [0.717, 1.165) is 11.1 Å². The second-order valence-electron chi connectivity index (χ2n) is 9.66. The molecule has 6 rings (SSSR count). The van der Waals surface area contributed by atoms with E-state index in [1.165, 1.54) is 22.7 Å². The molecule has 4 aromatic rings. The van der Waals surface area contributed by atoms with Crippen LogP contribution in [0, 0.1) is 0 Å². The Morgan fingerprint density at radius 1 is 0.595 bits per heavy atom. The SMILES string of the molecule is CN(c1ccc2c(c1)COB2O)S(=O)(=O)c1ccccc1.CN(c1ccc2c(c1)COB2O)S(=O)(=O)c1ccccc1. The first-order valence-corrected chi connectivity index (χ1v) is 15.8. The topological polar surface area (TPSA) is 134 Å². The van der Waals surface area contributed by atoms with Crippen LogP contribution in [0.1, 0.15) is 11.1 Å². The molecule has 0 unspecified atom stereocenters. The van der Waals surface area contributed by atoms with Gasteiger partial charge in [0.05, 0.1) is 34.4 Å². The third-order valence-electron chi connectivity index (χ3n) is 7.11. The number of rotatable bonds is 6. The molecule has 0 spiro atoms. The van der Waals surface area contributed by atoms with E-state index < -0.39 is 34.3 Å². The molecule has 0 amide bonds. The van der Waals surface area contributed by atoms with Gasteiger partial charge in [0.15, 0.2) is 0 Å². The minimum Gasteiger partial charge on any atom is -0.423 e. The molecule has 216 valence electrons. The van der Waals surface area contributed by atoms with E-state index in [4.69, 9.17) is 9.31 Å². The zero-order valence-corrected chi connectivity index (χ0v) is 24.5. The maximum atomic E-state index is 12.5. The Morgan fingerprint density at radius 3 is 1.31 bits per heavy atom. The van der Waals surface area contributed by atoms with Crippen LogP contribution in [0.25, 0.3) is 0 Å². The predicted molar refractivity (Wildman–Crippen MR) is 162 cm³/mol. The second kappa shape index (κ2) is 11.9. The molecular weight excluding hydrogens is 578 g/mol. The highest BCUT2D eigenvalue weighted by Gasteiger charge is 2.30. The number of nitrogens with zero attached hydrogens (tertiary/aromatic N) is 2. The molecule has 0 fully saturated rings. The normalized spacial score (nSPS) is 14.1. The van der Waals surface area contributed by atoms with Gasteiger partial charge in [-0.25, -0.2) is 16.8 Å². The summed E-state index contributed by atoms with van der Waals surface area (Å²) in [6.45, 7) is 0.563. The van der Waals surface area contributed by atoms with Crippen LogP contribution in [0.3, 0.4) is 0 Å². The molecule has 10 nitrogen and oxygen atoms in total. The van der Waals surface area contributed by atoms with Gasteiger partial charge in [0.25, 0.3) is 20.0 Å². The first kappa shape index (κ1) is 29.8. The zero-order valence-electron chi connectivity index (χ0n) is 22.9. The van der Waals surface area contributed by atoms with Crippen molar-refractivity contribution in [1.29, 1.82) is 0 Å². The van der Waals surface area contributed by atoms with E-state index in [1.54, 1.807) is 97.1 Å². The standard InChI is InChI=1S/2C14H14BNO4S/c2*1-16(21(18,19)13-5-3-2-4-6-13)12-7-8-14-11(9-12)10-20-15(14)17/h2*2-9,17H,10H2,1H3. The van der Waals surface area contributed by atoms with Crippen molar-refractivity contribution in [3.8, 4) is 0 Å². The van der Waals surface area contributed by atoms with Crippen molar-refractivity contribution in [3.63, 3.8) is 0 Å². The molecule has 0 aliphatic carbocycles. The molecular formula is C28H28B2N2O8S2. The van der Waals surface area contributed by atoms with Crippen LogP contribution >= 0.6 is 0 Å². The Hall–Kier alpha value is -3.65. The maximum Gasteiger partial charge on any atom is 0.491 e. The zero-order chi connectivity index (χ0) is 30.1. The lowest BCUT2D eigenvalue weighted by Crippen LogP contribution is -2.30. The summed E-state index contributed by atoms with van der Waals surface area (Å²) >= 11 is 0. The second-order valence-corrected chi connectivity index (χ2v) is 13.6. The van der Waals surface area contributed by atoms with Crippen molar-refractivity contribution in [2.24, 2.45) is 0 Å². The first-order chi connectivity index (χ1) is 20.0. The van der Waals surface area contributed by atoms with Crippen molar-refractivity contribution in [1.82, 2.24) is 0 Å². The van der Waals surface area contributed by atoms with Crippen LogP contribution in [-0.2, 0) is 42.6 Å². The summed E-state index contributed by atoms with van der Waals surface area (Å²) < 4.78 is 62.9. The van der Waals surface area contributed by atoms with Crippen molar-refractivity contribution >= 4 is 56.6 Å². The lowest BCUT2D eigenvalue weighted by atomic mass is 9.79. The van der Waals surface area contributed by atoms with Crippen LogP contribution < -0.4 is 19.5 Å². The summed E-state index contributed by atoms with van der Waals surface area (Å²) in [5.41, 5.74) is 4.05. The van der Waals surface area contributed by atoms with Gasteiger partial charge in [-0.15, -0.1) is 0 Å². The highest BCUT2D eigenvalue weighted by molar-refractivity contribution is 7.93. The molecule has 0 radical (unpaired) electrons. The number of anilines is 2. The predicted octanol–water partition coefficient (Wildman–Crippen LogP) is 1.46. The Kier molecular flexibility index (Phi) is 8.46. The van der Waals surface area contributed by atoms with E-state index in [2.05, 4.69) is 0 Å². The van der Waals surface area contributed by atoms with Crippen molar-refractivity contribution < 1.29 is 36.2 Å². The minimum atomic E-state index is -3.59. The fourth-order valence-corrected chi connectivity index (χ4v) is 7.02. The lowest BCUT2D eigenvalue weighted by Gasteiger charge is -2.20. The van der Waals surface area contributed by atoms with Crippen LogP contribution in [0.5, 0.6) is 0 Å². The van der Waals surface area contributed by atoms with E-state index >= 15 is 0 Å². The third kappa shape index (κ3) is 5.82. The quantitative estimate of drug-likeness (QED) is 0.316. The number of hydrogen-bond acceptors (Lipinski definition) is 8. The molecule has 2 aliphatic heterocycles. The van der Waals surface area contributed by atoms with E-state index in [0.29, 0.717) is 22.3 Å². The monoisotopic (exact) mass is 606 g/mol. The van der Waals surface area contributed by atoms with Gasteiger partial charge in [-0.1, -0.05) is 48.5 Å². The molecule has 4 aromatic carbocycles. The summed E-state index contributed by atoms with van der Waals surface area (Å²) in [7, 11) is -6.02.